The number of phenolic OH excluding ortho intramolecular Hbond substituents is 2. The normalized spacial score (nSPS) is 15.6. The number of allylic oxidation sites excluding steroid dienone is 2. The van der Waals surface area contributed by atoms with Crippen molar-refractivity contribution >= 4 is 70.7 Å². The van der Waals surface area contributed by atoms with Gasteiger partial charge in [0, 0.05) is 24.0 Å². The standard InChI is InChI=1S/C35H26N4O11S2/c40-23-11-9-19-13-21(15-31(27(19)17-23)51(45,46)47)36-33(42)25-5-1-3-7-29(25)38-35(44)39-30-8-4-2-6-26(30)34(43)37-22-14-20-10-12-24(41)18-28(20)32(16-22)52(48,49)50/h1-12,15-18,40-41H,13-14H2,(H2,38,39,44)(H,45,46,47)(H,48,49,50). The molecule has 15 nitrogen and oxygen atoms in total. The highest BCUT2D eigenvalue weighted by molar-refractivity contribution is 7.95. The number of carbonyl (C=O) groups is 3. The Bertz CT molecular complexity index is 2380. The van der Waals surface area contributed by atoms with E-state index in [0.29, 0.717) is 11.1 Å². The second kappa shape index (κ2) is 13.8. The zero-order valence-corrected chi connectivity index (χ0v) is 28.1. The predicted molar refractivity (Wildman–Crippen MR) is 192 cm³/mol. The third kappa shape index (κ3) is 7.72. The number of fused-ring (bicyclic) bond motifs is 2. The maximum atomic E-state index is 13.3. The van der Waals surface area contributed by atoms with Crippen molar-refractivity contribution in [2.24, 2.45) is 9.98 Å². The number of rotatable bonds is 6. The van der Waals surface area contributed by atoms with Crippen molar-refractivity contribution in [2.45, 2.75) is 12.8 Å². The average Bonchev–Trinajstić information content (AvgIpc) is 3.07. The Labute approximate surface area is 295 Å². The van der Waals surface area contributed by atoms with E-state index in [9.17, 15) is 50.5 Å². The van der Waals surface area contributed by atoms with Crippen molar-refractivity contribution in [3.63, 3.8) is 0 Å². The molecule has 0 saturated carbocycles. The molecule has 0 radical (unpaired) electrons. The maximum Gasteiger partial charge on any atom is 0.323 e. The van der Waals surface area contributed by atoms with Crippen molar-refractivity contribution in [3.05, 3.63) is 130 Å². The van der Waals surface area contributed by atoms with E-state index < -0.39 is 47.9 Å². The molecule has 6 N–H and O–H groups in total. The van der Waals surface area contributed by atoms with Crippen LogP contribution in [0.15, 0.2) is 107 Å². The van der Waals surface area contributed by atoms with Gasteiger partial charge in [-0.1, -0.05) is 36.4 Å². The first-order chi connectivity index (χ1) is 24.6. The minimum Gasteiger partial charge on any atom is -0.508 e. The largest absolute Gasteiger partial charge is 0.508 e. The van der Waals surface area contributed by atoms with Gasteiger partial charge in [0.15, 0.2) is 0 Å². The van der Waals surface area contributed by atoms with E-state index in [4.69, 9.17) is 0 Å². The Balaban J connectivity index is 1.23. The molecule has 6 rings (SSSR count). The smallest absolute Gasteiger partial charge is 0.323 e. The molecule has 4 aromatic rings. The number of hydrogen-bond acceptors (Lipinski definition) is 9. The summed E-state index contributed by atoms with van der Waals surface area (Å²) in [6.45, 7) is 0. The Morgan fingerprint density at radius 3 is 1.35 bits per heavy atom. The van der Waals surface area contributed by atoms with Crippen LogP contribution in [0.4, 0.5) is 16.2 Å². The Morgan fingerprint density at radius 1 is 0.577 bits per heavy atom. The molecular formula is C35H26N4O11S2. The van der Waals surface area contributed by atoms with Gasteiger partial charge in [-0.3, -0.25) is 18.7 Å². The molecule has 0 fully saturated rings. The van der Waals surface area contributed by atoms with Crippen LogP contribution in [0.1, 0.15) is 43.0 Å². The molecule has 0 atom stereocenters. The number of amides is 4. The average molecular weight is 743 g/mol. The number of anilines is 2. The van der Waals surface area contributed by atoms with Gasteiger partial charge in [0.05, 0.1) is 33.9 Å². The highest BCUT2D eigenvalue weighted by Gasteiger charge is 2.28. The minimum atomic E-state index is -4.77. The summed E-state index contributed by atoms with van der Waals surface area (Å²) in [6, 6.07) is 18.6. The fourth-order valence-electron chi connectivity index (χ4n) is 5.63. The number of aromatic hydroxyl groups is 2. The lowest BCUT2D eigenvalue weighted by molar-refractivity contribution is 0.0995. The van der Waals surface area contributed by atoms with Crippen LogP contribution in [0.25, 0.3) is 9.81 Å². The summed E-state index contributed by atoms with van der Waals surface area (Å²) in [4.78, 5) is 46.8. The highest BCUT2D eigenvalue weighted by Crippen LogP contribution is 2.33. The van der Waals surface area contributed by atoms with E-state index >= 15 is 0 Å². The summed E-state index contributed by atoms with van der Waals surface area (Å²) in [5, 5.41) is 24.7. The third-order valence-corrected chi connectivity index (χ3v) is 9.70. The first-order valence-electron chi connectivity index (χ1n) is 15.1. The Kier molecular flexibility index (Phi) is 9.44. The van der Waals surface area contributed by atoms with Crippen molar-refractivity contribution < 1.29 is 50.5 Å². The summed E-state index contributed by atoms with van der Waals surface area (Å²) in [5.74, 6) is -2.17. The van der Waals surface area contributed by atoms with Gasteiger partial charge in [-0.15, -0.1) is 0 Å². The molecule has 17 heteroatoms. The molecule has 264 valence electrons. The van der Waals surface area contributed by atoms with Crippen molar-refractivity contribution in [3.8, 4) is 11.5 Å². The highest BCUT2D eigenvalue weighted by atomic mass is 32.2. The van der Waals surface area contributed by atoms with Gasteiger partial charge in [0.2, 0.25) is 0 Å². The molecule has 0 saturated heterocycles. The molecule has 0 aliphatic heterocycles. The number of hydrogen-bond donors (Lipinski definition) is 6. The quantitative estimate of drug-likeness (QED) is 0.145. The number of aliphatic imine (C=N–C) groups is 2. The fourth-order valence-corrected chi connectivity index (χ4v) is 7.14. The second-order valence-electron chi connectivity index (χ2n) is 11.5. The number of phenols is 2. The van der Waals surface area contributed by atoms with Crippen LogP contribution >= 0.6 is 0 Å². The predicted octanol–water partition coefficient (Wildman–Crippen LogP) is 4.87. The second-order valence-corrected chi connectivity index (χ2v) is 14.3. The van der Waals surface area contributed by atoms with Crippen LogP contribution < -0.4 is 10.6 Å². The lowest BCUT2D eigenvalue weighted by Crippen LogP contribution is -2.22. The molecule has 4 amide bonds. The molecule has 52 heavy (non-hydrogen) atoms. The minimum absolute atomic E-state index is 0.00547. The number of urea groups is 1. The topological polar surface area (TPSA) is 249 Å². The SMILES string of the molecule is O=C(Nc1ccccc1C(=O)N=C1C=C(S(=O)(=O)O)c2cc(O)ccc2C1)Nc1ccccc1C(=O)N=C1C=C(S(=O)(=O)O)c2cc(O)ccc2C1. The van der Waals surface area contributed by atoms with Crippen molar-refractivity contribution in [1.82, 2.24) is 0 Å². The molecule has 0 bridgehead atoms. The lowest BCUT2D eigenvalue weighted by atomic mass is 9.95. The molecule has 0 heterocycles. The molecular weight excluding hydrogens is 717 g/mol. The molecule has 0 unspecified atom stereocenters. The molecule has 4 aromatic carbocycles. The molecule has 0 aromatic heterocycles. The fraction of sp³-hybridized carbons (Fsp3) is 0.0571. The van der Waals surface area contributed by atoms with E-state index in [1.54, 1.807) is 0 Å². The van der Waals surface area contributed by atoms with Crippen LogP contribution in [0.5, 0.6) is 11.5 Å². The van der Waals surface area contributed by atoms with Crippen LogP contribution in [0.2, 0.25) is 0 Å². The van der Waals surface area contributed by atoms with E-state index in [2.05, 4.69) is 20.6 Å². The zero-order chi connectivity index (χ0) is 37.4. The Hall–Kier alpha value is -6.27. The van der Waals surface area contributed by atoms with Crippen LogP contribution in [0, 0.1) is 0 Å². The van der Waals surface area contributed by atoms with Crippen molar-refractivity contribution in [1.29, 1.82) is 0 Å². The summed E-state index contributed by atoms with van der Waals surface area (Å²) in [5.41, 5.74) is 0.716. The number of benzene rings is 4. The molecule has 2 aliphatic rings. The van der Waals surface area contributed by atoms with Gasteiger partial charge >= 0.3 is 6.03 Å². The van der Waals surface area contributed by atoms with Gasteiger partial charge in [0.1, 0.15) is 21.3 Å². The van der Waals surface area contributed by atoms with Crippen LogP contribution in [-0.2, 0) is 33.1 Å². The Morgan fingerprint density at radius 2 is 0.962 bits per heavy atom. The first kappa shape index (κ1) is 35.6. The third-order valence-electron chi connectivity index (χ3n) is 7.91. The summed E-state index contributed by atoms with van der Waals surface area (Å²) in [6.07, 6.45) is 2.03. The first-order valence-corrected chi connectivity index (χ1v) is 18.0. The van der Waals surface area contributed by atoms with Crippen molar-refractivity contribution in [2.75, 3.05) is 10.6 Å². The maximum absolute atomic E-state index is 13.3. The van der Waals surface area contributed by atoms with Gasteiger partial charge in [0.25, 0.3) is 32.1 Å². The number of para-hydroxylation sites is 2. The van der Waals surface area contributed by atoms with Gasteiger partial charge in [-0.05, 0) is 71.8 Å². The van der Waals surface area contributed by atoms with Crippen LogP contribution in [-0.4, -0.2) is 65.4 Å². The van der Waals surface area contributed by atoms with Gasteiger partial charge in [-0.25, -0.2) is 14.8 Å². The number of carbonyl (C=O) groups excluding carboxylic acids is 3. The summed E-state index contributed by atoms with van der Waals surface area (Å²) in [7, 11) is -9.54. The number of nitrogens with zero attached hydrogens (tertiary/aromatic N) is 2. The summed E-state index contributed by atoms with van der Waals surface area (Å²) >= 11 is 0. The van der Waals surface area contributed by atoms with E-state index in [0.717, 1.165) is 12.2 Å². The van der Waals surface area contributed by atoms with E-state index in [1.807, 2.05) is 0 Å². The molecule has 2 aliphatic carbocycles. The number of nitrogens with one attached hydrogen (secondary N) is 2. The monoisotopic (exact) mass is 742 g/mol. The van der Waals surface area contributed by atoms with Gasteiger partial charge in [-0.2, -0.15) is 16.8 Å². The zero-order valence-electron chi connectivity index (χ0n) is 26.5. The van der Waals surface area contributed by atoms with E-state index in [-0.39, 0.29) is 69.4 Å². The summed E-state index contributed by atoms with van der Waals surface area (Å²) < 4.78 is 68.0. The van der Waals surface area contributed by atoms with Gasteiger partial charge < -0.3 is 20.8 Å². The lowest BCUT2D eigenvalue weighted by Gasteiger charge is -2.18. The van der Waals surface area contributed by atoms with E-state index in [1.165, 1.54) is 84.9 Å². The van der Waals surface area contributed by atoms with Crippen LogP contribution in [0.3, 0.4) is 0 Å². The molecule has 0 spiro atoms.